The topological polar surface area (TPSA) is 29.5 Å². The Morgan fingerprint density at radius 3 is 2.68 bits per heavy atom. The molecule has 0 saturated carbocycles. The van der Waals surface area contributed by atoms with Gasteiger partial charge in [0, 0.05) is 17.4 Å². The second kappa shape index (κ2) is 5.35. The molecule has 1 aliphatic rings. The van der Waals surface area contributed by atoms with Crippen molar-refractivity contribution in [3.05, 3.63) is 46.5 Å². The lowest BCUT2D eigenvalue weighted by Crippen LogP contribution is -2.22. The van der Waals surface area contributed by atoms with Gasteiger partial charge in [-0.05, 0) is 55.3 Å². The number of allylic oxidation sites excluding steroid dienone is 1. The van der Waals surface area contributed by atoms with Gasteiger partial charge in [0.25, 0.3) is 0 Å². The van der Waals surface area contributed by atoms with Gasteiger partial charge >= 0.3 is 0 Å². The zero-order valence-electron chi connectivity index (χ0n) is 14.0. The first-order valence-electron chi connectivity index (χ1n) is 7.98. The Kier molecular flexibility index (Phi) is 3.64. The van der Waals surface area contributed by atoms with Crippen molar-refractivity contribution in [3.8, 4) is 11.5 Å². The molecule has 1 unspecified atom stereocenters. The minimum atomic E-state index is -0.00453. The predicted molar refractivity (Wildman–Crippen MR) is 92.0 cm³/mol. The SMILES string of the molecule is CC(C)=CC1Cc2c(C)ccc3cc(C(C)C)c(O)c(c23)O1. The number of rotatable bonds is 2. The Morgan fingerprint density at radius 2 is 2.05 bits per heavy atom. The number of phenolic OH excluding ortho intramolecular Hbond substituents is 1. The van der Waals surface area contributed by atoms with E-state index < -0.39 is 0 Å². The number of hydrogen-bond donors (Lipinski definition) is 1. The van der Waals surface area contributed by atoms with Crippen LogP contribution in [-0.2, 0) is 6.42 Å². The van der Waals surface area contributed by atoms with Crippen molar-refractivity contribution in [1.29, 1.82) is 0 Å². The van der Waals surface area contributed by atoms with Gasteiger partial charge in [0.15, 0.2) is 11.5 Å². The van der Waals surface area contributed by atoms with Crippen molar-refractivity contribution in [2.45, 2.75) is 53.1 Å². The van der Waals surface area contributed by atoms with Gasteiger partial charge in [0.1, 0.15) is 6.10 Å². The lowest BCUT2D eigenvalue weighted by Gasteiger charge is -2.28. The van der Waals surface area contributed by atoms with Crippen LogP contribution in [0.2, 0.25) is 0 Å². The van der Waals surface area contributed by atoms with Crippen molar-refractivity contribution in [3.63, 3.8) is 0 Å². The second-order valence-corrected chi connectivity index (χ2v) is 6.86. The lowest BCUT2D eigenvalue weighted by molar-refractivity contribution is 0.233. The van der Waals surface area contributed by atoms with E-state index in [2.05, 4.69) is 58.9 Å². The molecule has 0 spiro atoms. The molecule has 1 heterocycles. The van der Waals surface area contributed by atoms with E-state index in [0.29, 0.717) is 11.5 Å². The maximum absolute atomic E-state index is 10.7. The monoisotopic (exact) mass is 296 g/mol. The molecule has 0 bridgehead atoms. The van der Waals surface area contributed by atoms with Crippen molar-refractivity contribution in [1.82, 2.24) is 0 Å². The maximum atomic E-state index is 10.7. The van der Waals surface area contributed by atoms with Crippen LogP contribution in [0.5, 0.6) is 11.5 Å². The molecule has 2 heteroatoms. The number of aryl methyl sites for hydroxylation is 1. The number of ether oxygens (including phenoxy) is 1. The Morgan fingerprint density at radius 1 is 1.32 bits per heavy atom. The fourth-order valence-corrected chi connectivity index (χ4v) is 3.32. The van der Waals surface area contributed by atoms with Crippen molar-refractivity contribution >= 4 is 10.8 Å². The third-order valence-corrected chi connectivity index (χ3v) is 4.42. The van der Waals surface area contributed by atoms with Crippen LogP contribution in [0.4, 0.5) is 0 Å². The van der Waals surface area contributed by atoms with Crippen molar-refractivity contribution in [2.24, 2.45) is 0 Å². The van der Waals surface area contributed by atoms with Crippen molar-refractivity contribution in [2.75, 3.05) is 0 Å². The molecular formula is C20H24O2. The van der Waals surface area contributed by atoms with E-state index in [4.69, 9.17) is 4.74 Å². The second-order valence-electron chi connectivity index (χ2n) is 6.86. The lowest BCUT2D eigenvalue weighted by atomic mass is 9.88. The maximum Gasteiger partial charge on any atom is 0.170 e. The summed E-state index contributed by atoms with van der Waals surface area (Å²) in [7, 11) is 0. The number of benzene rings is 2. The summed E-state index contributed by atoms with van der Waals surface area (Å²) < 4.78 is 6.17. The molecule has 22 heavy (non-hydrogen) atoms. The minimum absolute atomic E-state index is 0.00453. The van der Waals surface area contributed by atoms with E-state index in [1.54, 1.807) is 0 Å². The van der Waals surface area contributed by atoms with Gasteiger partial charge in [-0.25, -0.2) is 0 Å². The van der Waals surface area contributed by atoms with Crippen LogP contribution in [0, 0.1) is 6.92 Å². The Hall–Kier alpha value is -1.96. The van der Waals surface area contributed by atoms with E-state index in [0.717, 1.165) is 22.8 Å². The molecule has 3 rings (SSSR count). The summed E-state index contributed by atoms with van der Waals surface area (Å²) in [6.45, 7) is 10.5. The highest BCUT2D eigenvalue weighted by molar-refractivity contribution is 5.96. The summed E-state index contributed by atoms with van der Waals surface area (Å²) in [6, 6.07) is 6.41. The molecule has 1 N–H and O–H groups in total. The molecule has 1 aliphatic heterocycles. The molecule has 2 aromatic rings. The third-order valence-electron chi connectivity index (χ3n) is 4.42. The fourth-order valence-electron chi connectivity index (χ4n) is 3.32. The summed E-state index contributed by atoms with van der Waals surface area (Å²) in [5, 5.41) is 13.0. The Labute approximate surface area is 132 Å². The van der Waals surface area contributed by atoms with E-state index in [9.17, 15) is 5.11 Å². The number of aromatic hydroxyl groups is 1. The van der Waals surface area contributed by atoms with Gasteiger partial charge in [0.05, 0.1) is 0 Å². The summed E-state index contributed by atoms with van der Waals surface area (Å²) in [4.78, 5) is 0. The molecule has 1 atom stereocenters. The van der Waals surface area contributed by atoms with E-state index >= 15 is 0 Å². The average molecular weight is 296 g/mol. The van der Waals surface area contributed by atoms with Gasteiger partial charge in [0.2, 0.25) is 0 Å². The molecule has 0 amide bonds. The van der Waals surface area contributed by atoms with Crippen molar-refractivity contribution < 1.29 is 9.84 Å². The van der Waals surface area contributed by atoms with Crippen LogP contribution in [-0.4, -0.2) is 11.2 Å². The van der Waals surface area contributed by atoms with Crippen LogP contribution in [0.25, 0.3) is 10.8 Å². The van der Waals surface area contributed by atoms with Crippen LogP contribution >= 0.6 is 0 Å². The number of hydrogen-bond acceptors (Lipinski definition) is 2. The first-order chi connectivity index (χ1) is 10.4. The predicted octanol–water partition coefficient (Wildman–Crippen LogP) is 5.25. The third kappa shape index (κ3) is 2.37. The highest BCUT2D eigenvalue weighted by atomic mass is 16.5. The zero-order valence-corrected chi connectivity index (χ0v) is 14.0. The minimum Gasteiger partial charge on any atom is -0.504 e. The first-order valence-corrected chi connectivity index (χ1v) is 7.98. The molecule has 116 valence electrons. The van der Waals surface area contributed by atoms with Gasteiger partial charge in [-0.3, -0.25) is 0 Å². The molecular weight excluding hydrogens is 272 g/mol. The normalized spacial score (nSPS) is 16.7. The number of phenols is 1. The Balaban J connectivity index is 2.30. The van der Waals surface area contributed by atoms with Crippen LogP contribution in [0.3, 0.4) is 0 Å². The standard InChI is InChI=1S/C20H24O2/c1-11(2)8-15-10-17-13(5)6-7-14-9-16(12(3)4)19(21)20(22-15)18(14)17/h6-9,12,15,21H,10H2,1-5H3. The highest BCUT2D eigenvalue weighted by Crippen LogP contribution is 2.46. The van der Waals surface area contributed by atoms with E-state index in [1.807, 2.05) is 0 Å². The average Bonchev–Trinajstić information content (AvgIpc) is 2.44. The van der Waals surface area contributed by atoms with Gasteiger partial charge < -0.3 is 9.84 Å². The quantitative estimate of drug-likeness (QED) is 0.767. The largest absolute Gasteiger partial charge is 0.504 e. The van der Waals surface area contributed by atoms with Crippen LogP contribution in [0.15, 0.2) is 29.8 Å². The first kappa shape index (κ1) is 15.0. The molecule has 0 fully saturated rings. The van der Waals surface area contributed by atoms with E-state index in [1.165, 1.54) is 16.7 Å². The molecule has 0 aliphatic carbocycles. The summed E-state index contributed by atoms with van der Waals surface area (Å²) >= 11 is 0. The van der Waals surface area contributed by atoms with Gasteiger partial charge in [-0.1, -0.05) is 31.6 Å². The van der Waals surface area contributed by atoms with Crippen LogP contribution in [0.1, 0.15) is 50.3 Å². The fraction of sp³-hybridized carbons (Fsp3) is 0.400. The summed E-state index contributed by atoms with van der Waals surface area (Å²) in [5.74, 6) is 1.23. The Bertz CT molecular complexity index is 765. The zero-order chi connectivity index (χ0) is 16.0. The van der Waals surface area contributed by atoms with Gasteiger partial charge in [-0.15, -0.1) is 0 Å². The molecule has 0 radical (unpaired) electrons. The van der Waals surface area contributed by atoms with Gasteiger partial charge in [-0.2, -0.15) is 0 Å². The molecule has 2 aromatic carbocycles. The highest BCUT2D eigenvalue weighted by Gasteiger charge is 2.26. The molecule has 2 nitrogen and oxygen atoms in total. The van der Waals surface area contributed by atoms with E-state index in [-0.39, 0.29) is 12.0 Å². The molecule has 0 saturated heterocycles. The van der Waals surface area contributed by atoms with Crippen LogP contribution < -0.4 is 4.74 Å². The molecule has 0 aromatic heterocycles. The summed E-state index contributed by atoms with van der Waals surface area (Å²) in [5.41, 5.74) is 4.75. The summed E-state index contributed by atoms with van der Waals surface area (Å²) in [6.07, 6.45) is 3.00. The smallest absolute Gasteiger partial charge is 0.170 e.